The minimum atomic E-state index is -3.05. The van der Waals surface area contributed by atoms with Crippen molar-refractivity contribution in [2.45, 2.75) is 39.3 Å². The molecule has 1 aromatic heterocycles. The summed E-state index contributed by atoms with van der Waals surface area (Å²) in [5.41, 5.74) is 1.15. The molecule has 1 saturated heterocycles. The second-order valence-electron chi connectivity index (χ2n) is 6.56. The highest BCUT2D eigenvalue weighted by Gasteiger charge is 2.31. The number of halogens is 1. The lowest BCUT2D eigenvalue weighted by atomic mass is 10.2. The first-order valence-electron chi connectivity index (χ1n) is 8.29. The third-order valence-corrected chi connectivity index (χ3v) is 6.03. The summed E-state index contributed by atoms with van der Waals surface area (Å²) in [7, 11) is -3.05. The van der Waals surface area contributed by atoms with Gasteiger partial charge in [-0.25, -0.2) is 13.1 Å². The first kappa shape index (κ1) is 20.4. The van der Waals surface area contributed by atoms with Gasteiger partial charge in [0.05, 0.1) is 29.8 Å². The van der Waals surface area contributed by atoms with Crippen LogP contribution < -0.4 is 10.6 Å². The van der Waals surface area contributed by atoms with E-state index in [4.69, 9.17) is 11.6 Å². The summed E-state index contributed by atoms with van der Waals surface area (Å²) in [5.74, 6) is -0.566. The number of nitrogens with zero attached hydrogens (tertiary/aromatic N) is 2. The van der Waals surface area contributed by atoms with Crippen molar-refractivity contribution in [1.29, 1.82) is 0 Å². The first-order chi connectivity index (χ1) is 12.1. The summed E-state index contributed by atoms with van der Waals surface area (Å²) in [6.45, 7) is 5.28. The van der Waals surface area contributed by atoms with Crippen molar-refractivity contribution < 1.29 is 18.0 Å². The maximum Gasteiger partial charge on any atom is 0.244 e. The van der Waals surface area contributed by atoms with Gasteiger partial charge in [-0.3, -0.25) is 9.59 Å². The molecule has 2 amide bonds. The van der Waals surface area contributed by atoms with Gasteiger partial charge in [-0.2, -0.15) is 5.10 Å². The van der Waals surface area contributed by atoms with E-state index >= 15 is 0 Å². The number of rotatable bonds is 6. The fraction of sp³-hybridized carbons (Fsp3) is 0.562. The summed E-state index contributed by atoms with van der Waals surface area (Å²) in [6.07, 6.45) is 3.26. The standard InChI is InChI=1S/C16H23ClN4O4S/c1-10(2)19-15(23)8-18-14(22)5-4-13-11(3)20-21(16(13)17)12-6-7-26(24,25)9-12/h4-5,10,12H,6-9H2,1-3H3,(H,18,22)(H,19,23)/b5-4+/t12-/m0/s1. The molecule has 10 heteroatoms. The van der Waals surface area contributed by atoms with Crippen LogP contribution in [-0.2, 0) is 19.4 Å². The number of hydrogen-bond acceptors (Lipinski definition) is 5. The van der Waals surface area contributed by atoms with E-state index < -0.39 is 15.7 Å². The van der Waals surface area contributed by atoms with Crippen molar-refractivity contribution in [3.63, 3.8) is 0 Å². The molecule has 1 aliphatic rings. The fourth-order valence-electron chi connectivity index (χ4n) is 2.69. The molecule has 0 spiro atoms. The zero-order chi connectivity index (χ0) is 19.5. The zero-order valence-corrected chi connectivity index (χ0v) is 16.5. The Labute approximate surface area is 157 Å². The highest BCUT2D eigenvalue weighted by Crippen LogP contribution is 2.30. The lowest BCUT2D eigenvalue weighted by Gasteiger charge is -2.09. The number of aromatic nitrogens is 2. The van der Waals surface area contributed by atoms with Gasteiger partial charge in [0.2, 0.25) is 11.8 Å². The van der Waals surface area contributed by atoms with Crippen molar-refractivity contribution >= 4 is 39.3 Å². The van der Waals surface area contributed by atoms with E-state index in [1.54, 1.807) is 6.92 Å². The molecule has 0 unspecified atom stereocenters. The van der Waals surface area contributed by atoms with E-state index in [0.717, 1.165) is 0 Å². The van der Waals surface area contributed by atoms with Gasteiger partial charge in [-0.05, 0) is 33.3 Å². The second kappa shape index (κ2) is 8.22. The number of aryl methyl sites for hydroxylation is 1. The molecule has 144 valence electrons. The van der Waals surface area contributed by atoms with Crippen molar-refractivity contribution in [2.75, 3.05) is 18.1 Å². The van der Waals surface area contributed by atoms with E-state index in [0.29, 0.717) is 22.8 Å². The predicted octanol–water partition coefficient (Wildman–Crippen LogP) is 0.859. The number of amides is 2. The van der Waals surface area contributed by atoms with Gasteiger partial charge < -0.3 is 10.6 Å². The number of sulfone groups is 1. The Bertz CT molecular complexity index is 830. The molecular weight excluding hydrogens is 380 g/mol. The van der Waals surface area contributed by atoms with Gasteiger partial charge >= 0.3 is 0 Å². The fourth-order valence-corrected chi connectivity index (χ4v) is 4.76. The predicted molar refractivity (Wildman–Crippen MR) is 99.6 cm³/mol. The van der Waals surface area contributed by atoms with E-state index in [2.05, 4.69) is 15.7 Å². The molecule has 1 aliphatic heterocycles. The van der Waals surface area contributed by atoms with Gasteiger partial charge in [0, 0.05) is 17.7 Å². The Balaban J connectivity index is 2.02. The Kier molecular flexibility index (Phi) is 6.46. The summed E-state index contributed by atoms with van der Waals surface area (Å²) in [6, 6.07) is -0.288. The summed E-state index contributed by atoms with van der Waals surface area (Å²) in [5, 5.41) is 9.77. The van der Waals surface area contributed by atoms with Crippen LogP contribution in [0.15, 0.2) is 6.08 Å². The van der Waals surface area contributed by atoms with Crippen LogP contribution in [0.2, 0.25) is 5.15 Å². The zero-order valence-electron chi connectivity index (χ0n) is 15.0. The van der Waals surface area contributed by atoms with E-state index in [-0.39, 0.29) is 36.0 Å². The molecule has 2 rings (SSSR count). The SMILES string of the molecule is Cc1nn([C@H]2CCS(=O)(=O)C2)c(Cl)c1/C=C/C(=O)NCC(=O)NC(C)C. The molecule has 0 aromatic carbocycles. The molecule has 0 bridgehead atoms. The summed E-state index contributed by atoms with van der Waals surface area (Å²) < 4.78 is 24.8. The molecule has 1 fully saturated rings. The molecule has 1 aromatic rings. The Morgan fingerprint density at radius 1 is 1.42 bits per heavy atom. The van der Waals surface area contributed by atoms with Crippen molar-refractivity contribution in [3.8, 4) is 0 Å². The van der Waals surface area contributed by atoms with E-state index in [1.807, 2.05) is 13.8 Å². The molecule has 2 N–H and O–H groups in total. The van der Waals surface area contributed by atoms with E-state index in [1.165, 1.54) is 16.8 Å². The van der Waals surface area contributed by atoms with Crippen LogP contribution in [0.25, 0.3) is 6.08 Å². The Morgan fingerprint density at radius 2 is 2.12 bits per heavy atom. The van der Waals surface area contributed by atoms with Gasteiger partial charge in [0.15, 0.2) is 9.84 Å². The average Bonchev–Trinajstić information content (AvgIpc) is 3.02. The average molecular weight is 403 g/mol. The van der Waals surface area contributed by atoms with Crippen LogP contribution in [0.4, 0.5) is 0 Å². The number of carbonyl (C=O) groups excluding carboxylic acids is 2. The lowest BCUT2D eigenvalue weighted by molar-refractivity contribution is -0.124. The second-order valence-corrected chi connectivity index (χ2v) is 9.15. The smallest absolute Gasteiger partial charge is 0.244 e. The van der Waals surface area contributed by atoms with Crippen LogP contribution >= 0.6 is 11.6 Å². The molecule has 0 radical (unpaired) electrons. The Hall–Kier alpha value is -1.87. The maximum atomic E-state index is 11.8. The van der Waals surface area contributed by atoms with Gasteiger partial charge in [0.25, 0.3) is 0 Å². The summed E-state index contributed by atoms with van der Waals surface area (Å²) >= 11 is 6.33. The van der Waals surface area contributed by atoms with Crippen LogP contribution in [0.5, 0.6) is 0 Å². The number of nitrogens with one attached hydrogen (secondary N) is 2. The third-order valence-electron chi connectivity index (χ3n) is 3.90. The Morgan fingerprint density at radius 3 is 2.69 bits per heavy atom. The van der Waals surface area contributed by atoms with Crippen molar-refractivity contribution in [1.82, 2.24) is 20.4 Å². The van der Waals surface area contributed by atoms with Crippen molar-refractivity contribution in [2.24, 2.45) is 0 Å². The number of hydrogen-bond donors (Lipinski definition) is 2. The molecule has 1 atom stereocenters. The van der Waals surface area contributed by atoms with Gasteiger partial charge in [0.1, 0.15) is 5.15 Å². The molecule has 0 aliphatic carbocycles. The minimum Gasteiger partial charge on any atom is -0.352 e. The van der Waals surface area contributed by atoms with E-state index in [9.17, 15) is 18.0 Å². The first-order valence-corrected chi connectivity index (χ1v) is 10.5. The quantitative estimate of drug-likeness (QED) is 0.685. The molecule has 0 saturated carbocycles. The largest absolute Gasteiger partial charge is 0.352 e. The normalized spacial score (nSPS) is 19.2. The molecule has 26 heavy (non-hydrogen) atoms. The van der Waals surface area contributed by atoms with Gasteiger partial charge in [-0.1, -0.05) is 11.6 Å². The van der Waals surface area contributed by atoms with Gasteiger partial charge in [-0.15, -0.1) is 0 Å². The topological polar surface area (TPSA) is 110 Å². The van der Waals surface area contributed by atoms with Crippen LogP contribution in [0.3, 0.4) is 0 Å². The van der Waals surface area contributed by atoms with Crippen LogP contribution in [-0.4, -0.2) is 54.1 Å². The molecule has 8 nitrogen and oxygen atoms in total. The van der Waals surface area contributed by atoms with Crippen molar-refractivity contribution in [3.05, 3.63) is 22.5 Å². The highest BCUT2D eigenvalue weighted by molar-refractivity contribution is 7.91. The van der Waals surface area contributed by atoms with Crippen LogP contribution in [0, 0.1) is 6.92 Å². The molecule has 2 heterocycles. The summed E-state index contributed by atoms with van der Waals surface area (Å²) in [4.78, 5) is 23.4. The minimum absolute atomic E-state index is 0.00152. The monoisotopic (exact) mass is 402 g/mol. The van der Waals surface area contributed by atoms with Crippen LogP contribution in [0.1, 0.15) is 37.6 Å². The maximum absolute atomic E-state index is 11.8. The molecular formula is C16H23ClN4O4S. The number of carbonyl (C=O) groups is 2. The third kappa shape index (κ3) is 5.31. The highest BCUT2D eigenvalue weighted by atomic mass is 35.5. The lowest BCUT2D eigenvalue weighted by Crippen LogP contribution is -2.39.